The van der Waals surface area contributed by atoms with E-state index >= 15 is 0 Å². The van der Waals surface area contributed by atoms with Crippen molar-refractivity contribution in [2.45, 2.75) is 26.6 Å². The van der Waals surface area contributed by atoms with Crippen LogP contribution in [0.1, 0.15) is 13.8 Å². The van der Waals surface area contributed by atoms with Crippen molar-refractivity contribution in [1.82, 2.24) is 0 Å². The Labute approximate surface area is 72.0 Å². The Morgan fingerprint density at radius 3 is 3.25 bits per heavy atom. The van der Waals surface area contributed by atoms with Crippen LogP contribution < -0.4 is 14.6 Å². The van der Waals surface area contributed by atoms with Crippen molar-refractivity contribution in [2.75, 3.05) is 5.32 Å². The first-order chi connectivity index (χ1) is 5.81. The van der Waals surface area contributed by atoms with Gasteiger partial charge in [-0.05, 0) is 19.1 Å². The molecule has 1 atom stereocenters. The topological polar surface area (TPSA) is 25.1 Å². The number of nitrogens with one attached hydrogen (secondary N) is 1. The number of aromatic nitrogens is 1. The molecule has 1 unspecified atom stereocenters. The van der Waals surface area contributed by atoms with Crippen LogP contribution in [0.25, 0.3) is 0 Å². The molecule has 1 aliphatic rings. The molecule has 1 aliphatic heterocycles. The highest BCUT2D eigenvalue weighted by Gasteiger charge is 2.27. The Morgan fingerprint density at radius 1 is 1.67 bits per heavy atom. The Morgan fingerprint density at radius 2 is 2.50 bits per heavy atom. The normalized spacial score (nSPS) is 19.7. The second kappa shape index (κ2) is 2.66. The molecule has 2 heterocycles. The van der Waals surface area contributed by atoms with Gasteiger partial charge in [0.15, 0.2) is 0 Å². The summed E-state index contributed by atoms with van der Waals surface area (Å²) in [4.78, 5) is 0. The highest BCUT2D eigenvalue weighted by atomic mass is 16.5. The molecule has 3 nitrogen and oxygen atoms in total. The molecule has 0 spiro atoms. The quantitative estimate of drug-likeness (QED) is 0.631. The van der Waals surface area contributed by atoms with E-state index in [4.69, 9.17) is 4.74 Å². The van der Waals surface area contributed by atoms with Gasteiger partial charge < -0.3 is 4.74 Å². The van der Waals surface area contributed by atoms with E-state index in [2.05, 4.69) is 16.8 Å². The summed E-state index contributed by atoms with van der Waals surface area (Å²) in [5.41, 5.74) is 0. The number of fused-ring (bicyclic) bond motifs is 1. The van der Waals surface area contributed by atoms with Gasteiger partial charge in [-0.25, -0.2) is 9.88 Å². The lowest BCUT2D eigenvalue weighted by molar-refractivity contribution is -0.679. The summed E-state index contributed by atoms with van der Waals surface area (Å²) in [6.07, 6.45) is 2.15. The lowest BCUT2D eigenvalue weighted by Gasteiger charge is -1.98. The zero-order valence-electron chi connectivity index (χ0n) is 7.37. The molecule has 0 fully saturated rings. The van der Waals surface area contributed by atoms with E-state index in [1.165, 1.54) is 0 Å². The minimum Gasteiger partial charge on any atom is -0.444 e. The zero-order chi connectivity index (χ0) is 8.55. The fourth-order valence-electron chi connectivity index (χ4n) is 1.45. The monoisotopic (exact) mass is 165 g/mol. The summed E-state index contributed by atoms with van der Waals surface area (Å²) >= 11 is 0. The zero-order valence-corrected chi connectivity index (χ0v) is 7.37. The molecule has 0 aliphatic carbocycles. The summed E-state index contributed by atoms with van der Waals surface area (Å²) in [6, 6.07) is 3.99. The van der Waals surface area contributed by atoms with E-state index in [1.807, 2.05) is 25.3 Å². The van der Waals surface area contributed by atoms with Crippen LogP contribution in [0.15, 0.2) is 18.3 Å². The molecule has 2 rings (SSSR count). The van der Waals surface area contributed by atoms with Crippen LogP contribution in [0.2, 0.25) is 0 Å². The highest BCUT2D eigenvalue weighted by molar-refractivity contribution is 5.49. The van der Waals surface area contributed by atoms with Gasteiger partial charge in [0.1, 0.15) is 0 Å². The second-order valence-electron chi connectivity index (χ2n) is 2.91. The molecule has 64 valence electrons. The summed E-state index contributed by atoms with van der Waals surface area (Å²) in [5, 5.41) is 3.26. The summed E-state index contributed by atoms with van der Waals surface area (Å²) in [7, 11) is 0. The van der Waals surface area contributed by atoms with E-state index in [0.29, 0.717) is 0 Å². The van der Waals surface area contributed by atoms with Gasteiger partial charge in [-0.1, -0.05) is 0 Å². The van der Waals surface area contributed by atoms with Gasteiger partial charge in [0.2, 0.25) is 12.0 Å². The number of hydrogen-bond donors (Lipinski definition) is 1. The van der Waals surface area contributed by atoms with Crippen molar-refractivity contribution in [3.8, 4) is 5.75 Å². The largest absolute Gasteiger partial charge is 0.444 e. The summed E-state index contributed by atoms with van der Waals surface area (Å²) in [5.74, 6) is 2.04. The predicted molar refractivity (Wildman–Crippen MR) is 46.0 cm³/mol. The van der Waals surface area contributed by atoms with Crippen LogP contribution in [-0.4, -0.2) is 6.23 Å². The SMILES string of the molecule is CC[n+]1cccc2c1NC(C)O2. The first-order valence-corrected chi connectivity index (χ1v) is 4.27. The van der Waals surface area contributed by atoms with Crippen molar-refractivity contribution < 1.29 is 9.30 Å². The van der Waals surface area contributed by atoms with Crippen LogP contribution in [0.4, 0.5) is 5.82 Å². The molecule has 0 amide bonds. The lowest BCUT2D eigenvalue weighted by Crippen LogP contribution is -2.34. The molecule has 0 saturated carbocycles. The third-order valence-electron chi connectivity index (χ3n) is 2.02. The first kappa shape index (κ1) is 7.40. The van der Waals surface area contributed by atoms with Crippen LogP contribution >= 0.6 is 0 Å². The van der Waals surface area contributed by atoms with E-state index in [-0.39, 0.29) is 6.23 Å². The van der Waals surface area contributed by atoms with E-state index in [0.717, 1.165) is 18.1 Å². The molecule has 0 saturated heterocycles. The van der Waals surface area contributed by atoms with Crippen LogP contribution in [0.3, 0.4) is 0 Å². The smallest absolute Gasteiger partial charge is 0.320 e. The molecular weight excluding hydrogens is 152 g/mol. The van der Waals surface area contributed by atoms with Crippen molar-refractivity contribution in [1.29, 1.82) is 0 Å². The number of aryl methyl sites for hydroxylation is 1. The molecular formula is C9H13N2O+. The van der Waals surface area contributed by atoms with Crippen molar-refractivity contribution in [2.24, 2.45) is 0 Å². The lowest BCUT2D eigenvalue weighted by atomic mass is 10.4. The number of nitrogens with zero attached hydrogens (tertiary/aromatic N) is 1. The molecule has 12 heavy (non-hydrogen) atoms. The number of ether oxygens (including phenoxy) is 1. The van der Waals surface area contributed by atoms with E-state index in [9.17, 15) is 0 Å². The van der Waals surface area contributed by atoms with Gasteiger partial charge in [-0.3, -0.25) is 0 Å². The maximum Gasteiger partial charge on any atom is 0.320 e. The molecule has 1 N–H and O–H groups in total. The first-order valence-electron chi connectivity index (χ1n) is 4.27. The van der Waals surface area contributed by atoms with Gasteiger partial charge in [-0.15, -0.1) is 0 Å². The molecule has 3 heteroatoms. The third-order valence-corrected chi connectivity index (χ3v) is 2.02. The molecule has 0 bridgehead atoms. The minimum atomic E-state index is 0.0974. The average Bonchev–Trinajstić information content (AvgIpc) is 2.44. The van der Waals surface area contributed by atoms with E-state index < -0.39 is 0 Å². The number of rotatable bonds is 1. The Hall–Kier alpha value is -1.25. The predicted octanol–water partition coefficient (Wildman–Crippen LogP) is 1.14. The fraction of sp³-hybridized carbons (Fsp3) is 0.444. The van der Waals surface area contributed by atoms with Gasteiger partial charge in [0.25, 0.3) is 0 Å². The number of anilines is 1. The highest BCUT2D eigenvalue weighted by Crippen LogP contribution is 2.26. The Bertz CT molecular complexity index is 299. The molecule has 1 aromatic rings. The molecule has 1 aromatic heterocycles. The maximum absolute atomic E-state index is 5.52. The standard InChI is InChI=1S/C9H12N2O/c1-3-11-6-4-5-8-9(11)10-7(2)12-8/h4-7H,3H2,1-2H3/p+1. The second-order valence-corrected chi connectivity index (χ2v) is 2.91. The van der Waals surface area contributed by atoms with Gasteiger partial charge in [-0.2, -0.15) is 0 Å². The summed E-state index contributed by atoms with van der Waals surface area (Å²) in [6.45, 7) is 5.08. The Balaban J connectivity index is 2.44. The Kier molecular flexibility index (Phi) is 1.64. The average molecular weight is 165 g/mol. The summed E-state index contributed by atoms with van der Waals surface area (Å²) < 4.78 is 7.66. The van der Waals surface area contributed by atoms with Gasteiger partial charge in [0.05, 0.1) is 12.7 Å². The molecule has 0 radical (unpaired) electrons. The fourth-order valence-corrected chi connectivity index (χ4v) is 1.45. The number of hydrogen-bond acceptors (Lipinski definition) is 2. The van der Waals surface area contributed by atoms with Crippen LogP contribution in [0, 0.1) is 0 Å². The third kappa shape index (κ3) is 1.02. The van der Waals surface area contributed by atoms with Gasteiger partial charge in [0, 0.05) is 6.92 Å². The van der Waals surface area contributed by atoms with Gasteiger partial charge >= 0.3 is 5.82 Å². The maximum atomic E-state index is 5.52. The number of pyridine rings is 1. The van der Waals surface area contributed by atoms with Crippen molar-refractivity contribution in [3.63, 3.8) is 0 Å². The van der Waals surface area contributed by atoms with Crippen molar-refractivity contribution in [3.05, 3.63) is 18.3 Å². The van der Waals surface area contributed by atoms with Crippen LogP contribution in [-0.2, 0) is 6.54 Å². The minimum absolute atomic E-state index is 0.0974. The van der Waals surface area contributed by atoms with Crippen molar-refractivity contribution >= 4 is 5.82 Å². The van der Waals surface area contributed by atoms with Crippen LogP contribution in [0.5, 0.6) is 5.75 Å². The molecule has 0 aromatic carbocycles. The van der Waals surface area contributed by atoms with E-state index in [1.54, 1.807) is 0 Å².